The molecular weight excluding hydrogens is 508 g/mol. The molecule has 2 aliphatic rings. The second kappa shape index (κ2) is 9.85. The quantitative estimate of drug-likeness (QED) is 0.437. The molecule has 1 aliphatic carbocycles. The molecule has 11 heteroatoms. The zero-order valence-electron chi connectivity index (χ0n) is 20.3. The monoisotopic (exact) mass is 536 g/mol. The lowest BCUT2D eigenvalue weighted by molar-refractivity contribution is -0.137. The number of fused-ring (bicyclic) bond motifs is 1. The molecule has 2 aromatic carbocycles. The number of rotatable bonds is 8. The van der Waals surface area contributed by atoms with Gasteiger partial charge in [-0.25, -0.2) is 22.5 Å². The third-order valence-corrected chi connectivity index (χ3v) is 8.61. The minimum Gasteiger partial charge on any atom is -0.339 e. The number of aryl methyl sites for hydroxylation is 1. The van der Waals surface area contributed by atoms with Crippen molar-refractivity contribution in [1.29, 1.82) is 0 Å². The van der Waals surface area contributed by atoms with Crippen LogP contribution in [0.15, 0.2) is 53.9 Å². The largest absolute Gasteiger partial charge is 0.416 e. The third kappa shape index (κ3) is 5.58. The Kier molecular flexibility index (Phi) is 6.88. The second-order valence-electron chi connectivity index (χ2n) is 9.97. The van der Waals surface area contributed by atoms with Crippen molar-refractivity contribution in [1.82, 2.24) is 19.2 Å². The van der Waals surface area contributed by atoms with Crippen molar-refractivity contribution in [2.24, 2.45) is 13.0 Å². The summed E-state index contributed by atoms with van der Waals surface area (Å²) in [5.74, 6) is -0.486. The van der Waals surface area contributed by atoms with Crippen molar-refractivity contribution in [3.8, 4) is 0 Å². The molecule has 1 aromatic heterocycles. The number of hydrogen-bond donors (Lipinski definition) is 1. The van der Waals surface area contributed by atoms with Crippen molar-refractivity contribution in [2.45, 2.75) is 42.9 Å². The molecule has 0 radical (unpaired) electrons. The number of halogens is 4. The summed E-state index contributed by atoms with van der Waals surface area (Å²) in [7, 11) is -2.29. The van der Waals surface area contributed by atoms with Crippen molar-refractivity contribution < 1.29 is 26.0 Å². The van der Waals surface area contributed by atoms with Gasteiger partial charge in [-0.1, -0.05) is 24.3 Å². The highest BCUT2D eigenvalue weighted by Gasteiger charge is 2.36. The molecule has 0 bridgehead atoms. The Bertz CT molecular complexity index is 1400. The van der Waals surface area contributed by atoms with Crippen molar-refractivity contribution in [3.05, 3.63) is 82.6 Å². The van der Waals surface area contributed by atoms with E-state index in [2.05, 4.69) is 14.6 Å². The molecule has 1 N–H and O–H groups in total. The Hall–Kier alpha value is -2.76. The van der Waals surface area contributed by atoms with Crippen LogP contribution in [0.5, 0.6) is 0 Å². The topological polar surface area (TPSA) is 67.2 Å². The van der Waals surface area contributed by atoms with Crippen LogP contribution in [0.4, 0.5) is 17.6 Å². The van der Waals surface area contributed by atoms with E-state index in [1.54, 1.807) is 19.2 Å². The van der Waals surface area contributed by atoms with Gasteiger partial charge in [-0.15, -0.1) is 0 Å². The Morgan fingerprint density at radius 1 is 1.16 bits per heavy atom. The fraction of sp³-hybridized carbons (Fsp3) is 0.423. The summed E-state index contributed by atoms with van der Waals surface area (Å²) in [6.07, 6.45) is 0.426. The number of imidazole rings is 1. The molecule has 0 saturated carbocycles. The van der Waals surface area contributed by atoms with Crippen LogP contribution >= 0.6 is 0 Å². The lowest BCUT2D eigenvalue weighted by Crippen LogP contribution is -2.41. The molecule has 2 unspecified atom stereocenters. The zero-order valence-corrected chi connectivity index (χ0v) is 21.1. The molecule has 0 amide bonds. The van der Waals surface area contributed by atoms with E-state index < -0.39 is 27.6 Å². The first-order valence-corrected chi connectivity index (χ1v) is 13.7. The summed E-state index contributed by atoms with van der Waals surface area (Å²) >= 11 is 0. The maximum Gasteiger partial charge on any atom is 0.416 e. The average molecular weight is 537 g/mol. The first-order chi connectivity index (χ1) is 17.5. The lowest BCUT2D eigenvalue weighted by Gasteiger charge is -2.35. The summed E-state index contributed by atoms with van der Waals surface area (Å²) in [6.45, 7) is 2.50. The average Bonchev–Trinajstić information content (AvgIpc) is 3.38. The number of nitrogens with one attached hydrogen (secondary N) is 1. The SMILES string of the molecule is Cn1cnc(S(=O)(=O)NCc2cc3c(cc2F)CC(CN2CCC2)C3Cc2cccc(C(F)(F)F)c2)c1. The van der Waals surface area contributed by atoms with Crippen LogP contribution in [0, 0.1) is 11.7 Å². The second-order valence-corrected chi connectivity index (χ2v) is 11.7. The fourth-order valence-electron chi connectivity index (χ4n) is 5.28. The summed E-state index contributed by atoms with van der Waals surface area (Å²) in [5, 5.41) is -0.159. The Labute approximate surface area is 213 Å². The van der Waals surface area contributed by atoms with Gasteiger partial charge in [-0.05, 0) is 73.0 Å². The minimum atomic E-state index is -4.43. The van der Waals surface area contributed by atoms with E-state index in [9.17, 15) is 21.6 Å². The van der Waals surface area contributed by atoms with E-state index in [0.29, 0.717) is 18.4 Å². The highest BCUT2D eigenvalue weighted by atomic mass is 32.2. The van der Waals surface area contributed by atoms with Crippen LogP contribution < -0.4 is 4.72 Å². The van der Waals surface area contributed by atoms with E-state index in [-0.39, 0.29) is 29.0 Å². The molecular formula is C26H28F4N4O2S. The standard InChI is InChI=1S/C26H28F4N4O2S/c1-33-15-25(31-16-33)37(35,36)32-13-19-11-23-18(12-24(19)27)10-20(14-34-6-3-7-34)22(23)9-17-4-2-5-21(8-17)26(28,29)30/h2,4-5,8,11-12,15-16,20,22,32H,3,6-7,9-10,13-14H2,1H3. The molecule has 198 valence electrons. The lowest BCUT2D eigenvalue weighted by atomic mass is 9.85. The van der Waals surface area contributed by atoms with Crippen LogP contribution in [-0.4, -0.2) is 42.5 Å². The van der Waals surface area contributed by atoms with E-state index >= 15 is 4.39 Å². The van der Waals surface area contributed by atoms with Crippen LogP contribution in [0.25, 0.3) is 0 Å². The molecule has 3 aromatic rings. The van der Waals surface area contributed by atoms with Gasteiger partial charge >= 0.3 is 6.18 Å². The van der Waals surface area contributed by atoms with Gasteiger partial charge in [0.05, 0.1) is 11.9 Å². The van der Waals surface area contributed by atoms with Crippen molar-refractivity contribution >= 4 is 10.0 Å². The van der Waals surface area contributed by atoms with E-state index in [0.717, 1.165) is 43.2 Å². The Morgan fingerprint density at radius 3 is 2.59 bits per heavy atom. The van der Waals surface area contributed by atoms with Crippen LogP contribution in [-0.2, 0) is 42.6 Å². The molecule has 1 aliphatic heterocycles. The van der Waals surface area contributed by atoms with E-state index in [1.165, 1.54) is 35.3 Å². The third-order valence-electron chi connectivity index (χ3n) is 7.32. The summed E-state index contributed by atoms with van der Waals surface area (Å²) in [6, 6.07) is 8.49. The molecule has 1 fully saturated rings. The van der Waals surface area contributed by atoms with Gasteiger partial charge in [0.2, 0.25) is 0 Å². The predicted octanol–water partition coefficient (Wildman–Crippen LogP) is 4.26. The maximum atomic E-state index is 15.0. The number of nitrogens with zero attached hydrogens (tertiary/aromatic N) is 3. The fourth-order valence-corrected chi connectivity index (χ4v) is 6.27. The maximum absolute atomic E-state index is 15.0. The van der Waals surface area contributed by atoms with Gasteiger partial charge in [0, 0.05) is 31.9 Å². The van der Waals surface area contributed by atoms with Crippen molar-refractivity contribution in [2.75, 3.05) is 19.6 Å². The van der Waals surface area contributed by atoms with E-state index in [4.69, 9.17) is 0 Å². The van der Waals surface area contributed by atoms with Gasteiger partial charge in [-0.3, -0.25) is 0 Å². The number of aromatic nitrogens is 2. The van der Waals surface area contributed by atoms with Gasteiger partial charge in [0.15, 0.2) is 5.03 Å². The summed E-state index contributed by atoms with van der Waals surface area (Å²) in [4.78, 5) is 6.16. The normalized spacial score (nSPS) is 20.1. The molecule has 5 rings (SSSR count). The van der Waals surface area contributed by atoms with Crippen LogP contribution in [0.1, 0.15) is 40.2 Å². The molecule has 2 heterocycles. The number of likely N-dealkylation sites (tertiary alicyclic amines) is 1. The molecule has 2 atom stereocenters. The zero-order chi connectivity index (χ0) is 26.4. The summed E-state index contributed by atoms with van der Waals surface area (Å²) < 4.78 is 84.1. The first-order valence-electron chi connectivity index (χ1n) is 12.2. The molecule has 37 heavy (non-hydrogen) atoms. The minimum absolute atomic E-state index is 0.106. The van der Waals surface area contributed by atoms with Gasteiger partial charge in [-0.2, -0.15) is 13.2 Å². The highest BCUT2D eigenvalue weighted by molar-refractivity contribution is 7.89. The first kappa shape index (κ1) is 25.9. The molecule has 6 nitrogen and oxygen atoms in total. The highest BCUT2D eigenvalue weighted by Crippen LogP contribution is 2.42. The predicted molar refractivity (Wildman–Crippen MR) is 130 cm³/mol. The number of benzene rings is 2. The number of sulfonamides is 1. The van der Waals surface area contributed by atoms with Gasteiger partial charge < -0.3 is 9.47 Å². The van der Waals surface area contributed by atoms with E-state index in [1.807, 2.05) is 0 Å². The Balaban J connectivity index is 1.42. The number of hydrogen-bond acceptors (Lipinski definition) is 4. The number of alkyl halides is 3. The van der Waals surface area contributed by atoms with Crippen LogP contribution in [0.2, 0.25) is 0 Å². The van der Waals surface area contributed by atoms with Gasteiger partial charge in [0.1, 0.15) is 5.82 Å². The molecule has 0 spiro atoms. The molecule has 1 saturated heterocycles. The smallest absolute Gasteiger partial charge is 0.339 e. The summed E-state index contributed by atoms with van der Waals surface area (Å²) in [5.41, 5.74) is 1.78. The van der Waals surface area contributed by atoms with Crippen molar-refractivity contribution in [3.63, 3.8) is 0 Å². The Morgan fingerprint density at radius 2 is 1.95 bits per heavy atom. The van der Waals surface area contributed by atoms with Gasteiger partial charge in [0.25, 0.3) is 10.0 Å². The van der Waals surface area contributed by atoms with Crippen LogP contribution in [0.3, 0.4) is 0 Å².